The summed E-state index contributed by atoms with van der Waals surface area (Å²) in [7, 11) is 1.32. The van der Waals surface area contributed by atoms with Crippen LogP contribution in [0.5, 0.6) is 0 Å². The normalized spacial score (nSPS) is 17.1. The van der Waals surface area contributed by atoms with Crippen LogP contribution in [-0.4, -0.2) is 59.4 Å². The maximum absolute atomic E-state index is 12.1. The van der Waals surface area contributed by atoms with Crippen LogP contribution in [0.2, 0.25) is 0 Å². The van der Waals surface area contributed by atoms with E-state index in [4.69, 9.17) is 20.2 Å². The first-order chi connectivity index (χ1) is 13.7. The highest BCUT2D eigenvalue weighted by molar-refractivity contribution is 5.89. The molecule has 156 valence electrons. The Morgan fingerprint density at radius 3 is 2.69 bits per heavy atom. The minimum atomic E-state index is -0.533. The topological polar surface area (TPSA) is 115 Å². The Kier molecular flexibility index (Phi) is 5.88. The lowest BCUT2D eigenvalue weighted by molar-refractivity contribution is 0.0594. The molecule has 0 bridgehead atoms. The second kappa shape index (κ2) is 8.20. The third-order valence-corrected chi connectivity index (χ3v) is 4.38. The van der Waals surface area contributed by atoms with Gasteiger partial charge in [-0.1, -0.05) is 0 Å². The van der Waals surface area contributed by atoms with Crippen molar-refractivity contribution in [2.24, 2.45) is 0 Å². The van der Waals surface area contributed by atoms with Crippen LogP contribution in [0.1, 0.15) is 38.2 Å². The largest absolute Gasteiger partial charge is 0.464 e. The van der Waals surface area contributed by atoms with Crippen molar-refractivity contribution in [1.82, 2.24) is 15.0 Å². The maximum atomic E-state index is 12.1. The number of nitrogens with one attached hydrogen (secondary N) is 1. The van der Waals surface area contributed by atoms with E-state index in [1.165, 1.54) is 7.11 Å². The lowest BCUT2D eigenvalue weighted by Crippen LogP contribution is -2.44. The lowest BCUT2D eigenvalue weighted by atomic mass is 10.1. The second-order valence-electron chi connectivity index (χ2n) is 8.08. The summed E-state index contributed by atoms with van der Waals surface area (Å²) in [6.45, 7) is 10.1. The molecule has 2 aromatic rings. The van der Waals surface area contributed by atoms with Gasteiger partial charge in [0.15, 0.2) is 11.5 Å². The molecule has 2 aromatic heterocycles. The number of pyridine rings is 1. The van der Waals surface area contributed by atoms with E-state index < -0.39 is 5.97 Å². The fourth-order valence-electron chi connectivity index (χ4n) is 3.11. The van der Waals surface area contributed by atoms with Gasteiger partial charge in [0.25, 0.3) is 0 Å². The van der Waals surface area contributed by atoms with Crippen molar-refractivity contribution >= 4 is 23.4 Å². The fraction of sp³-hybridized carbons (Fsp3) is 0.500. The van der Waals surface area contributed by atoms with Crippen LogP contribution in [0.15, 0.2) is 18.2 Å². The molecule has 0 aromatic carbocycles. The minimum absolute atomic E-state index is 0.170. The first-order valence-electron chi connectivity index (χ1n) is 9.54. The first kappa shape index (κ1) is 20.8. The minimum Gasteiger partial charge on any atom is -0.464 e. The smallest absolute Gasteiger partial charge is 0.356 e. The summed E-state index contributed by atoms with van der Waals surface area (Å²) in [5.74, 6) is 1.50. The van der Waals surface area contributed by atoms with Crippen LogP contribution in [-0.2, 0) is 9.47 Å². The van der Waals surface area contributed by atoms with Gasteiger partial charge in [-0.15, -0.1) is 0 Å². The van der Waals surface area contributed by atoms with Gasteiger partial charge in [-0.3, -0.25) is 0 Å². The van der Waals surface area contributed by atoms with Gasteiger partial charge in [-0.2, -0.15) is 0 Å². The van der Waals surface area contributed by atoms with Crippen molar-refractivity contribution < 1.29 is 14.3 Å². The highest BCUT2D eigenvalue weighted by atomic mass is 16.5. The van der Waals surface area contributed by atoms with E-state index in [0.717, 1.165) is 12.4 Å². The third-order valence-electron chi connectivity index (χ3n) is 4.38. The molecule has 9 nitrogen and oxygen atoms in total. The van der Waals surface area contributed by atoms with Crippen molar-refractivity contribution in [1.29, 1.82) is 0 Å². The number of carbonyl (C=O) groups is 1. The van der Waals surface area contributed by atoms with Gasteiger partial charge in [0.1, 0.15) is 17.5 Å². The predicted molar refractivity (Wildman–Crippen MR) is 112 cm³/mol. The zero-order chi connectivity index (χ0) is 21.2. The molecular formula is C20H28N6O3. The van der Waals surface area contributed by atoms with Gasteiger partial charge in [-0.05, 0) is 39.8 Å². The molecule has 3 N–H and O–H groups in total. The molecule has 1 atom stereocenters. The summed E-state index contributed by atoms with van der Waals surface area (Å²) in [6.07, 6.45) is 0. The van der Waals surface area contributed by atoms with E-state index in [2.05, 4.69) is 27.1 Å². The number of rotatable bonds is 4. The number of nitrogens with two attached hydrogens (primary N) is 1. The van der Waals surface area contributed by atoms with Gasteiger partial charge in [0.05, 0.1) is 26.4 Å². The molecule has 1 saturated heterocycles. The number of nitrogen functional groups attached to an aromatic ring is 1. The molecule has 1 fully saturated rings. The van der Waals surface area contributed by atoms with Gasteiger partial charge in [0, 0.05) is 23.7 Å². The predicted octanol–water partition coefficient (Wildman–Crippen LogP) is 2.34. The van der Waals surface area contributed by atoms with Gasteiger partial charge in [-0.25, -0.2) is 19.7 Å². The second-order valence-corrected chi connectivity index (χ2v) is 8.08. The molecule has 0 spiro atoms. The fourth-order valence-corrected chi connectivity index (χ4v) is 3.11. The average molecular weight is 400 g/mol. The molecule has 1 aliphatic heterocycles. The van der Waals surface area contributed by atoms with E-state index in [1.54, 1.807) is 18.2 Å². The molecule has 1 aliphatic rings. The zero-order valence-electron chi connectivity index (χ0n) is 17.5. The summed E-state index contributed by atoms with van der Waals surface area (Å²) in [5, 5.41) is 3.28. The van der Waals surface area contributed by atoms with Crippen molar-refractivity contribution in [3.63, 3.8) is 0 Å². The number of aromatic nitrogens is 3. The number of hydrogen-bond donors (Lipinski definition) is 2. The molecule has 0 radical (unpaired) electrons. The number of carbonyl (C=O) groups excluding carboxylic acids is 1. The summed E-state index contributed by atoms with van der Waals surface area (Å²) >= 11 is 0. The Morgan fingerprint density at radius 2 is 2.03 bits per heavy atom. The molecule has 29 heavy (non-hydrogen) atoms. The number of methoxy groups -OCH3 is 1. The van der Waals surface area contributed by atoms with Crippen LogP contribution in [0, 0.1) is 0 Å². The summed E-state index contributed by atoms with van der Waals surface area (Å²) in [6, 6.07) is 5.34. The Balaban J connectivity index is 2.06. The van der Waals surface area contributed by atoms with Crippen molar-refractivity contribution in [3.8, 4) is 11.4 Å². The lowest BCUT2D eigenvalue weighted by Gasteiger charge is -2.34. The SMILES string of the molecule is COC(=O)c1cc(-c2nc(N)cc(N3CCOCC3C)n2)cc(NC(C)(C)C)n1. The Labute approximate surface area is 170 Å². The van der Waals surface area contributed by atoms with E-state index in [9.17, 15) is 4.79 Å². The number of hydrogen-bond acceptors (Lipinski definition) is 9. The molecule has 3 rings (SSSR count). The monoisotopic (exact) mass is 400 g/mol. The molecule has 9 heteroatoms. The molecule has 0 amide bonds. The van der Waals surface area contributed by atoms with Crippen molar-refractivity contribution in [2.45, 2.75) is 39.3 Å². The summed E-state index contributed by atoms with van der Waals surface area (Å²) in [4.78, 5) is 27.7. The summed E-state index contributed by atoms with van der Waals surface area (Å²) in [5.41, 5.74) is 6.63. The quantitative estimate of drug-likeness (QED) is 0.746. The van der Waals surface area contributed by atoms with Crippen LogP contribution < -0.4 is 16.0 Å². The Bertz CT molecular complexity index is 896. The van der Waals surface area contributed by atoms with Gasteiger partial charge < -0.3 is 25.4 Å². The molecule has 1 unspecified atom stereocenters. The summed E-state index contributed by atoms with van der Waals surface area (Å²) < 4.78 is 10.4. The van der Waals surface area contributed by atoms with Crippen LogP contribution in [0.4, 0.5) is 17.5 Å². The number of ether oxygens (including phenoxy) is 2. The van der Waals surface area contributed by atoms with Gasteiger partial charge in [0.2, 0.25) is 0 Å². The third kappa shape index (κ3) is 5.11. The first-order valence-corrected chi connectivity index (χ1v) is 9.54. The number of esters is 1. The van der Waals surface area contributed by atoms with E-state index >= 15 is 0 Å². The van der Waals surface area contributed by atoms with E-state index in [0.29, 0.717) is 36.2 Å². The van der Waals surface area contributed by atoms with Crippen LogP contribution in [0.25, 0.3) is 11.4 Å². The zero-order valence-corrected chi connectivity index (χ0v) is 17.5. The van der Waals surface area contributed by atoms with Crippen molar-refractivity contribution in [3.05, 3.63) is 23.9 Å². The highest BCUT2D eigenvalue weighted by Gasteiger charge is 2.22. The number of anilines is 3. The van der Waals surface area contributed by atoms with Crippen LogP contribution in [0.3, 0.4) is 0 Å². The van der Waals surface area contributed by atoms with Crippen molar-refractivity contribution in [2.75, 3.05) is 42.8 Å². The van der Waals surface area contributed by atoms with E-state index in [1.807, 2.05) is 20.8 Å². The van der Waals surface area contributed by atoms with Crippen LogP contribution >= 0.6 is 0 Å². The molecule has 0 saturated carbocycles. The molecule has 3 heterocycles. The highest BCUT2D eigenvalue weighted by Crippen LogP contribution is 2.26. The Morgan fingerprint density at radius 1 is 1.28 bits per heavy atom. The number of nitrogens with zero attached hydrogens (tertiary/aromatic N) is 4. The van der Waals surface area contributed by atoms with Gasteiger partial charge >= 0.3 is 5.97 Å². The number of morpholine rings is 1. The van der Waals surface area contributed by atoms with E-state index in [-0.39, 0.29) is 17.3 Å². The molecular weight excluding hydrogens is 372 g/mol. The average Bonchev–Trinajstić information content (AvgIpc) is 2.65. The molecule has 0 aliphatic carbocycles. The Hall–Kier alpha value is -2.94. The maximum Gasteiger partial charge on any atom is 0.356 e. The standard InChI is InChI=1S/C20H28N6O3/c1-12-11-29-7-6-26(12)17-10-15(21)23-18(24-17)13-8-14(19(27)28-5)22-16(9-13)25-20(2,3)4/h8-10,12H,6-7,11H2,1-5H3,(H,22,25)(H2,21,23,24).